The van der Waals surface area contributed by atoms with Crippen LogP contribution in [-0.4, -0.2) is 20.0 Å². The van der Waals surface area contributed by atoms with Gasteiger partial charge in [-0.05, 0) is 26.0 Å². The highest BCUT2D eigenvalue weighted by Crippen LogP contribution is 2.20. The van der Waals surface area contributed by atoms with Crippen LogP contribution in [0.5, 0.6) is 0 Å². The van der Waals surface area contributed by atoms with Crippen LogP contribution in [0.2, 0.25) is 0 Å². The second kappa shape index (κ2) is 3.27. The smallest absolute Gasteiger partial charge is 0.113 e. The van der Waals surface area contributed by atoms with Gasteiger partial charge in [-0.3, -0.25) is 0 Å². The molecule has 0 saturated carbocycles. The molecule has 0 aliphatic carbocycles. The van der Waals surface area contributed by atoms with Gasteiger partial charge < -0.3 is 5.73 Å². The minimum absolute atomic E-state index is 0.401. The number of benzene rings is 1. The third-order valence-electron chi connectivity index (χ3n) is 2.48. The first-order chi connectivity index (χ1) is 7.03. The summed E-state index contributed by atoms with van der Waals surface area (Å²) in [6.07, 6.45) is 0. The van der Waals surface area contributed by atoms with Crippen molar-refractivity contribution >= 4 is 28.2 Å². The molecular weight excluding hydrogens is 208 g/mol. The second-order valence-electron chi connectivity index (χ2n) is 3.91. The molecule has 0 aliphatic heterocycles. The molecule has 5 heteroatoms. The van der Waals surface area contributed by atoms with Gasteiger partial charge in [0.1, 0.15) is 16.0 Å². The number of fused-ring (bicyclic) bond motifs is 1. The van der Waals surface area contributed by atoms with Gasteiger partial charge in [0.25, 0.3) is 0 Å². The van der Waals surface area contributed by atoms with Crippen LogP contribution in [-0.2, 0) is 5.54 Å². The summed E-state index contributed by atoms with van der Waals surface area (Å²) in [6, 6.07) is 7.73. The molecule has 1 aromatic carbocycles. The number of para-hydroxylation sites is 1. The van der Waals surface area contributed by atoms with Crippen LogP contribution in [0.1, 0.15) is 13.8 Å². The molecule has 4 nitrogen and oxygen atoms in total. The summed E-state index contributed by atoms with van der Waals surface area (Å²) in [7, 11) is 0. The lowest BCUT2D eigenvalue weighted by Crippen LogP contribution is -2.40. The molecule has 1 aromatic heterocycles. The standard InChI is InChI=1S/C10H12N4S/c1-10(2,9(11)15)14-8-6-4-3-5-7(8)12-13-14/h3-6H,1-2H3,(H2,11,15). The van der Waals surface area contributed by atoms with Crippen molar-refractivity contribution in [3.63, 3.8) is 0 Å². The van der Waals surface area contributed by atoms with Crippen molar-refractivity contribution in [2.24, 2.45) is 5.73 Å². The van der Waals surface area contributed by atoms with E-state index in [2.05, 4.69) is 10.3 Å². The van der Waals surface area contributed by atoms with Gasteiger partial charge >= 0.3 is 0 Å². The number of nitrogens with two attached hydrogens (primary N) is 1. The van der Waals surface area contributed by atoms with Crippen LogP contribution >= 0.6 is 12.2 Å². The van der Waals surface area contributed by atoms with Crippen LogP contribution in [0.3, 0.4) is 0 Å². The average Bonchev–Trinajstić information content (AvgIpc) is 2.61. The van der Waals surface area contributed by atoms with E-state index in [1.165, 1.54) is 0 Å². The topological polar surface area (TPSA) is 56.7 Å². The van der Waals surface area contributed by atoms with Crippen LogP contribution in [0.15, 0.2) is 24.3 Å². The number of nitrogens with zero attached hydrogens (tertiary/aromatic N) is 3. The van der Waals surface area contributed by atoms with E-state index in [1.54, 1.807) is 4.68 Å². The third-order valence-corrected chi connectivity index (χ3v) is 2.98. The largest absolute Gasteiger partial charge is 0.391 e. The normalized spacial score (nSPS) is 11.9. The molecule has 0 bridgehead atoms. The van der Waals surface area contributed by atoms with Gasteiger partial charge in [-0.15, -0.1) is 5.10 Å². The highest BCUT2D eigenvalue weighted by Gasteiger charge is 2.26. The summed E-state index contributed by atoms with van der Waals surface area (Å²) in [5.41, 5.74) is 6.99. The zero-order chi connectivity index (χ0) is 11.1. The second-order valence-corrected chi connectivity index (χ2v) is 4.35. The minimum atomic E-state index is -0.495. The van der Waals surface area contributed by atoms with Crippen molar-refractivity contribution in [2.75, 3.05) is 0 Å². The van der Waals surface area contributed by atoms with Crippen LogP contribution < -0.4 is 5.73 Å². The van der Waals surface area contributed by atoms with Gasteiger partial charge in [-0.2, -0.15) is 0 Å². The molecule has 0 unspecified atom stereocenters. The van der Waals surface area contributed by atoms with E-state index in [9.17, 15) is 0 Å². The number of hydrogen-bond acceptors (Lipinski definition) is 3. The van der Waals surface area contributed by atoms with E-state index in [-0.39, 0.29) is 0 Å². The van der Waals surface area contributed by atoms with Crippen molar-refractivity contribution in [3.05, 3.63) is 24.3 Å². The summed E-state index contributed by atoms with van der Waals surface area (Å²) in [4.78, 5) is 0.401. The summed E-state index contributed by atoms with van der Waals surface area (Å²) in [5, 5.41) is 8.15. The van der Waals surface area contributed by atoms with E-state index in [0.717, 1.165) is 11.0 Å². The average molecular weight is 220 g/mol. The Bertz CT molecular complexity index is 515. The van der Waals surface area contributed by atoms with Crippen LogP contribution in [0.4, 0.5) is 0 Å². The zero-order valence-electron chi connectivity index (χ0n) is 8.64. The third kappa shape index (κ3) is 1.48. The Labute approximate surface area is 93.1 Å². The quantitative estimate of drug-likeness (QED) is 0.778. The molecule has 1 heterocycles. The summed E-state index contributed by atoms with van der Waals surface area (Å²) in [6.45, 7) is 3.85. The summed E-state index contributed by atoms with van der Waals surface area (Å²) in [5.74, 6) is 0. The molecule has 2 rings (SSSR count). The van der Waals surface area contributed by atoms with Crippen molar-refractivity contribution in [1.29, 1.82) is 0 Å². The van der Waals surface area contributed by atoms with Gasteiger partial charge in [0.15, 0.2) is 0 Å². The molecule has 2 aromatic rings. The molecule has 0 fully saturated rings. The fourth-order valence-corrected chi connectivity index (χ4v) is 1.47. The van der Waals surface area contributed by atoms with Crippen molar-refractivity contribution in [1.82, 2.24) is 15.0 Å². The maximum absolute atomic E-state index is 5.70. The Kier molecular flexibility index (Phi) is 2.19. The van der Waals surface area contributed by atoms with Gasteiger partial charge in [-0.1, -0.05) is 29.6 Å². The van der Waals surface area contributed by atoms with Crippen LogP contribution in [0, 0.1) is 0 Å². The molecule has 2 N–H and O–H groups in total. The van der Waals surface area contributed by atoms with Gasteiger partial charge in [-0.25, -0.2) is 4.68 Å². The zero-order valence-corrected chi connectivity index (χ0v) is 9.45. The van der Waals surface area contributed by atoms with E-state index in [1.807, 2.05) is 38.1 Å². The Morgan fingerprint density at radius 2 is 2.07 bits per heavy atom. The molecule has 0 amide bonds. The predicted molar refractivity (Wildman–Crippen MR) is 63.6 cm³/mol. The van der Waals surface area contributed by atoms with Crippen molar-refractivity contribution in [2.45, 2.75) is 19.4 Å². The SMILES string of the molecule is CC(C)(C(N)=S)n1nnc2ccccc21. The molecule has 15 heavy (non-hydrogen) atoms. The fourth-order valence-electron chi connectivity index (χ4n) is 1.39. The summed E-state index contributed by atoms with van der Waals surface area (Å²) >= 11 is 5.03. The minimum Gasteiger partial charge on any atom is -0.391 e. The highest BCUT2D eigenvalue weighted by atomic mass is 32.1. The first-order valence-corrected chi connectivity index (χ1v) is 5.05. The molecule has 0 aliphatic rings. The Hall–Kier alpha value is -1.49. The lowest BCUT2D eigenvalue weighted by Gasteiger charge is -2.23. The maximum Gasteiger partial charge on any atom is 0.113 e. The molecule has 0 atom stereocenters. The Balaban J connectivity index is 2.67. The number of thiocarbonyl (C=S) groups is 1. The van der Waals surface area contributed by atoms with Crippen molar-refractivity contribution < 1.29 is 0 Å². The van der Waals surface area contributed by atoms with Gasteiger partial charge in [0.05, 0.1) is 5.52 Å². The molecule has 0 radical (unpaired) electrons. The fraction of sp³-hybridized carbons (Fsp3) is 0.300. The van der Waals surface area contributed by atoms with Crippen LogP contribution in [0.25, 0.3) is 11.0 Å². The Morgan fingerprint density at radius 1 is 1.40 bits per heavy atom. The van der Waals surface area contributed by atoms with Gasteiger partial charge in [0.2, 0.25) is 0 Å². The number of rotatable bonds is 2. The highest BCUT2D eigenvalue weighted by molar-refractivity contribution is 7.80. The number of aromatic nitrogens is 3. The van der Waals surface area contributed by atoms with E-state index < -0.39 is 5.54 Å². The monoisotopic (exact) mass is 220 g/mol. The number of hydrogen-bond donors (Lipinski definition) is 1. The molecule has 78 valence electrons. The maximum atomic E-state index is 5.70. The van der Waals surface area contributed by atoms with E-state index in [0.29, 0.717) is 4.99 Å². The Morgan fingerprint density at radius 3 is 2.73 bits per heavy atom. The molecule has 0 spiro atoms. The molecule has 0 saturated heterocycles. The lowest BCUT2D eigenvalue weighted by molar-refractivity contribution is 0.442. The first kappa shape index (κ1) is 10.0. The van der Waals surface area contributed by atoms with E-state index in [4.69, 9.17) is 18.0 Å². The summed E-state index contributed by atoms with van der Waals surface area (Å²) < 4.78 is 1.75. The first-order valence-electron chi connectivity index (χ1n) is 4.64. The van der Waals surface area contributed by atoms with Crippen molar-refractivity contribution in [3.8, 4) is 0 Å². The predicted octanol–water partition coefficient (Wildman–Crippen LogP) is 1.45. The van der Waals surface area contributed by atoms with Gasteiger partial charge in [0, 0.05) is 0 Å². The lowest BCUT2D eigenvalue weighted by atomic mass is 10.1. The molecular formula is C10H12N4S. The van der Waals surface area contributed by atoms with E-state index >= 15 is 0 Å².